The van der Waals surface area contributed by atoms with Crippen LogP contribution in [0.3, 0.4) is 0 Å². The summed E-state index contributed by atoms with van der Waals surface area (Å²) >= 11 is 1.95. The van der Waals surface area contributed by atoms with E-state index in [-0.39, 0.29) is 11.4 Å². The fourth-order valence-electron chi connectivity index (χ4n) is 1.48. The van der Waals surface area contributed by atoms with Gasteiger partial charge in [0.1, 0.15) is 5.70 Å². The van der Waals surface area contributed by atoms with E-state index in [0.717, 1.165) is 0 Å². The van der Waals surface area contributed by atoms with Gasteiger partial charge in [-0.2, -0.15) is 0 Å². The van der Waals surface area contributed by atoms with Crippen LogP contribution in [0, 0.1) is 3.57 Å². The van der Waals surface area contributed by atoms with Gasteiger partial charge in [0.2, 0.25) is 0 Å². The number of amides is 3. The zero-order chi connectivity index (χ0) is 13.3. The van der Waals surface area contributed by atoms with E-state index in [2.05, 4.69) is 10.6 Å². The largest absolute Gasteiger partial charge is 0.504 e. The minimum Gasteiger partial charge on any atom is -0.504 e. The van der Waals surface area contributed by atoms with Crippen molar-refractivity contribution in [3.8, 4) is 11.5 Å². The summed E-state index contributed by atoms with van der Waals surface area (Å²) in [7, 11) is 1.44. The number of phenolic OH excluding ortho intramolecular Hbond substituents is 1. The van der Waals surface area contributed by atoms with E-state index in [1.165, 1.54) is 13.2 Å². The molecule has 1 aliphatic rings. The lowest BCUT2D eigenvalue weighted by molar-refractivity contribution is -0.115. The molecular formula is C11H9IN2O4. The summed E-state index contributed by atoms with van der Waals surface area (Å²) in [5.74, 6) is -0.138. The lowest BCUT2D eigenvalue weighted by Crippen LogP contribution is -2.22. The van der Waals surface area contributed by atoms with Crippen molar-refractivity contribution in [2.75, 3.05) is 7.11 Å². The molecule has 0 bridgehead atoms. The topological polar surface area (TPSA) is 87.7 Å². The molecule has 94 valence electrons. The molecule has 0 aliphatic carbocycles. The fraction of sp³-hybridized carbons (Fsp3) is 0.0909. The zero-order valence-electron chi connectivity index (χ0n) is 9.28. The molecule has 0 atom stereocenters. The second kappa shape index (κ2) is 4.84. The van der Waals surface area contributed by atoms with E-state index in [4.69, 9.17) is 4.74 Å². The first-order chi connectivity index (χ1) is 8.51. The standard InChI is InChI=1S/C11H9IN2O4/c1-18-8-4-5(2-6(12)9(8)15)3-7-10(16)14-11(17)13-7/h2-4,15H,1H3,(H2,13,14,16,17)/b7-3-. The first-order valence-corrected chi connectivity index (χ1v) is 5.99. The lowest BCUT2D eigenvalue weighted by atomic mass is 10.1. The van der Waals surface area contributed by atoms with Crippen molar-refractivity contribution in [1.82, 2.24) is 10.6 Å². The molecule has 2 rings (SSSR count). The normalized spacial score (nSPS) is 16.7. The highest BCUT2D eigenvalue weighted by Crippen LogP contribution is 2.33. The van der Waals surface area contributed by atoms with E-state index >= 15 is 0 Å². The van der Waals surface area contributed by atoms with Gasteiger partial charge < -0.3 is 15.2 Å². The maximum Gasteiger partial charge on any atom is 0.326 e. The average Bonchev–Trinajstić information content (AvgIpc) is 2.62. The molecule has 3 amide bonds. The van der Waals surface area contributed by atoms with Crippen LogP contribution in [-0.4, -0.2) is 24.2 Å². The van der Waals surface area contributed by atoms with E-state index in [1.54, 1.807) is 12.1 Å². The molecule has 0 aromatic heterocycles. The molecule has 1 fully saturated rings. The number of ether oxygens (including phenoxy) is 1. The summed E-state index contributed by atoms with van der Waals surface area (Å²) < 4.78 is 5.59. The van der Waals surface area contributed by atoms with Crippen LogP contribution >= 0.6 is 22.6 Å². The molecule has 18 heavy (non-hydrogen) atoms. The molecule has 7 heteroatoms. The molecule has 0 spiro atoms. The Labute approximate surface area is 116 Å². The number of hydrogen-bond acceptors (Lipinski definition) is 4. The number of carbonyl (C=O) groups excluding carboxylic acids is 2. The van der Waals surface area contributed by atoms with Crippen molar-refractivity contribution >= 4 is 40.6 Å². The van der Waals surface area contributed by atoms with Crippen LogP contribution in [0.25, 0.3) is 6.08 Å². The Morgan fingerprint density at radius 1 is 1.33 bits per heavy atom. The third-order valence-electron chi connectivity index (χ3n) is 2.30. The van der Waals surface area contributed by atoms with Crippen LogP contribution in [-0.2, 0) is 4.79 Å². The zero-order valence-corrected chi connectivity index (χ0v) is 11.4. The summed E-state index contributed by atoms with van der Waals surface area (Å²) in [6, 6.07) is 2.69. The van der Waals surface area contributed by atoms with Gasteiger partial charge in [0, 0.05) is 0 Å². The van der Waals surface area contributed by atoms with Crippen molar-refractivity contribution in [3.05, 3.63) is 27.0 Å². The Morgan fingerprint density at radius 3 is 2.61 bits per heavy atom. The van der Waals surface area contributed by atoms with Gasteiger partial charge in [0.25, 0.3) is 5.91 Å². The molecular weight excluding hydrogens is 351 g/mol. The SMILES string of the molecule is COc1cc(/C=C2\NC(=O)NC2=O)cc(I)c1O. The van der Waals surface area contributed by atoms with Crippen LogP contribution in [0.5, 0.6) is 11.5 Å². The number of nitrogens with one attached hydrogen (secondary N) is 2. The lowest BCUT2D eigenvalue weighted by Gasteiger charge is -2.06. The maximum absolute atomic E-state index is 11.4. The monoisotopic (exact) mass is 360 g/mol. The number of benzene rings is 1. The van der Waals surface area contributed by atoms with Crippen LogP contribution in [0.4, 0.5) is 4.79 Å². The smallest absolute Gasteiger partial charge is 0.326 e. The Bertz CT molecular complexity index is 568. The van der Waals surface area contributed by atoms with Crippen LogP contribution in [0.2, 0.25) is 0 Å². The number of phenols is 1. The summed E-state index contributed by atoms with van der Waals surface area (Å²) in [5, 5.41) is 14.2. The van der Waals surface area contributed by atoms with Gasteiger partial charge >= 0.3 is 6.03 Å². The summed E-state index contributed by atoms with van der Waals surface area (Å²) in [5.41, 5.74) is 0.796. The highest BCUT2D eigenvalue weighted by Gasteiger charge is 2.23. The highest BCUT2D eigenvalue weighted by molar-refractivity contribution is 14.1. The quantitative estimate of drug-likeness (QED) is 0.420. The first-order valence-electron chi connectivity index (χ1n) is 4.92. The second-order valence-corrected chi connectivity index (χ2v) is 4.68. The fourth-order valence-corrected chi connectivity index (χ4v) is 2.11. The van der Waals surface area contributed by atoms with Gasteiger partial charge in [-0.05, 0) is 46.4 Å². The van der Waals surface area contributed by atoms with Gasteiger partial charge in [-0.25, -0.2) is 4.79 Å². The number of methoxy groups -OCH3 is 1. The summed E-state index contributed by atoms with van der Waals surface area (Å²) in [6.07, 6.45) is 1.50. The average molecular weight is 360 g/mol. The van der Waals surface area contributed by atoms with Crippen LogP contribution < -0.4 is 15.4 Å². The molecule has 1 saturated heterocycles. The predicted octanol–water partition coefficient (Wildman–Crippen LogP) is 1.19. The van der Waals surface area contributed by atoms with Crippen LogP contribution in [0.1, 0.15) is 5.56 Å². The number of hydrogen-bond donors (Lipinski definition) is 3. The third kappa shape index (κ3) is 2.40. The third-order valence-corrected chi connectivity index (χ3v) is 3.12. The Morgan fingerprint density at radius 2 is 2.06 bits per heavy atom. The van der Waals surface area contributed by atoms with E-state index in [1.807, 2.05) is 22.6 Å². The van der Waals surface area contributed by atoms with E-state index in [0.29, 0.717) is 14.9 Å². The number of aromatic hydroxyl groups is 1. The Hall–Kier alpha value is -1.77. The molecule has 0 radical (unpaired) electrons. The van der Waals surface area contributed by atoms with Crippen molar-refractivity contribution < 1.29 is 19.4 Å². The molecule has 1 aromatic carbocycles. The van der Waals surface area contributed by atoms with E-state index < -0.39 is 11.9 Å². The van der Waals surface area contributed by atoms with Gasteiger partial charge in [-0.15, -0.1) is 0 Å². The molecule has 0 unspecified atom stereocenters. The molecule has 1 aromatic rings. The van der Waals surface area contributed by atoms with Gasteiger partial charge in [0.15, 0.2) is 11.5 Å². The molecule has 6 nitrogen and oxygen atoms in total. The van der Waals surface area contributed by atoms with Crippen molar-refractivity contribution in [1.29, 1.82) is 0 Å². The minimum atomic E-state index is -0.549. The number of urea groups is 1. The number of imide groups is 1. The van der Waals surface area contributed by atoms with Crippen LogP contribution in [0.15, 0.2) is 17.8 Å². The number of carbonyl (C=O) groups is 2. The van der Waals surface area contributed by atoms with Crippen molar-refractivity contribution in [3.63, 3.8) is 0 Å². The van der Waals surface area contributed by atoms with Gasteiger partial charge in [-0.3, -0.25) is 10.1 Å². The Balaban J connectivity index is 2.41. The molecule has 1 heterocycles. The summed E-state index contributed by atoms with van der Waals surface area (Å²) in [4.78, 5) is 22.3. The molecule has 1 aliphatic heterocycles. The van der Waals surface area contributed by atoms with Crippen molar-refractivity contribution in [2.45, 2.75) is 0 Å². The van der Waals surface area contributed by atoms with E-state index in [9.17, 15) is 14.7 Å². The van der Waals surface area contributed by atoms with Gasteiger partial charge in [0.05, 0.1) is 10.7 Å². The second-order valence-electron chi connectivity index (χ2n) is 3.52. The number of halogens is 1. The molecule has 0 saturated carbocycles. The summed E-state index contributed by atoms with van der Waals surface area (Å²) in [6.45, 7) is 0. The van der Waals surface area contributed by atoms with Gasteiger partial charge in [-0.1, -0.05) is 0 Å². The molecule has 3 N–H and O–H groups in total. The maximum atomic E-state index is 11.4. The predicted molar refractivity (Wildman–Crippen MR) is 72.0 cm³/mol. The number of rotatable bonds is 2. The highest BCUT2D eigenvalue weighted by atomic mass is 127. The Kier molecular flexibility index (Phi) is 3.41. The van der Waals surface area contributed by atoms with Crippen molar-refractivity contribution in [2.24, 2.45) is 0 Å². The first kappa shape index (κ1) is 12.7. The minimum absolute atomic E-state index is 0.0418.